The molecule has 2 heteroatoms. The largest absolute Gasteiger partial charge is 0.317 e. The van der Waals surface area contributed by atoms with Gasteiger partial charge in [0, 0.05) is 12.6 Å². The van der Waals surface area contributed by atoms with Crippen LogP contribution in [0.3, 0.4) is 0 Å². The average molecular weight is 226 g/mol. The third kappa shape index (κ3) is 5.86. The Morgan fingerprint density at radius 1 is 1.25 bits per heavy atom. The smallest absolute Gasteiger partial charge is 0.00357 e. The van der Waals surface area contributed by atoms with Gasteiger partial charge in [-0.25, -0.2) is 0 Å². The molecule has 1 N–H and O–H groups in total. The third-order valence-corrected chi connectivity index (χ3v) is 3.96. The highest BCUT2D eigenvalue weighted by Gasteiger charge is 2.16. The Bertz CT molecular complexity index is 164. The van der Waals surface area contributed by atoms with E-state index in [2.05, 4.69) is 31.2 Å². The van der Waals surface area contributed by atoms with Crippen molar-refractivity contribution < 1.29 is 0 Å². The van der Waals surface area contributed by atoms with Crippen molar-refractivity contribution in [1.29, 1.82) is 0 Å². The van der Waals surface area contributed by atoms with Crippen molar-refractivity contribution in [3.63, 3.8) is 0 Å². The predicted octanol–water partition coefficient (Wildman–Crippen LogP) is 2.89. The molecule has 1 aliphatic carbocycles. The molecule has 0 aliphatic heterocycles. The van der Waals surface area contributed by atoms with E-state index in [9.17, 15) is 0 Å². The monoisotopic (exact) mass is 226 g/mol. The fraction of sp³-hybridized carbons (Fsp3) is 1.00. The van der Waals surface area contributed by atoms with Crippen LogP contribution < -0.4 is 5.32 Å². The molecule has 1 rings (SSSR count). The summed E-state index contributed by atoms with van der Waals surface area (Å²) in [7, 11) is 4.34. The Morgan fingerprint density at radius 2 is 1.94 bits per heavy atom. The molecule has 0 saturated heterocycles. The summed E-state index contributed by atoms with van der Waals surface area (Å²) in [5.74, 6) is 1.00. The maximum Gasteiger partial charge on any atom is 0.00357 e. The lowest BCUT2D eigenvalue weighted by atomic mass is 10.1. The molecule has 0 radical (unpaired) electrons. The van der Waals surface area contributed by atoms with E-state index in [0.29, 0.717) is 6.04 Å². The summed E-state index contributed by atoms with van der Waals surface area (Å²) in [6.45, 7) is 4.89. The first kappa shape index (κ1) is 14.0. The van der Waals surface area contributed by atoms with Gasteiger partial charge in [0.1, 0.15) is 0 Å². The topological polar surface area (TPSA) is 15.3 Å². The number of nitrogens with one attached hydrogen (secondary N) is 1. The van der Waals surface area contributed by atoms with Crippen molar-refractivity contribution in [2.75, 3.05) is 27.2 Å². The molecule has 1 aliphatic rings. The zero-order valence-corrected chi connectivity index (χ0v) is 11.5. The van der Waals surface area contributed by atoms with Gasteiger partial charge in [-0.2, -0.15) is 0 Å². The van der Waals surface area contributed by atoms with Gasteiger partial charge in [-0.05, 0) is 59.2 Å². The predicted molar refractivity (Wildman–Crippen MR) is 71.8 cm³/mol. The van der Waals surface area contributed by atoms with E-state index >= 15 is 0 Å². The Balaban J connectivity index is 1.95. The molecule has 0 aromatic rings. The lowest BCUT2D eigenvalue weighted by Crippen LogP contribution is -2.26. The van der Waals surface area contributed by atoms with Gasteiger partial charge in [0.05, 0.1) is 0 Å². The van der Waals surface area contributed by atoms with Gasteiger partial charge in [0.15, 0.2) is 0 Å². The minimum atomic E-state index is 0.681. The zero-order chi connectivity index (χ0) is 11.8. The van der Waals surface area contributed by atoms with Crippen molar-refractivity contribution in [3.8, 4) is 0 Å². The molecule has 96 valence electrons. The highest BCUT2D eigenvalue weighted by Crippen LogP contribution is 2.25. The lowest BCUT2D eigenvalue weighted by molar-refractivity contribution is 0.271. The number of nitrogens with zero attached hydrogens (tertiary/aromatic N) is 1. The van der Waals surface area contributed by atoms with Gasteiger partial charge in [-0.3, -0.25) is 0 Å². The number of rotatable bonds is 8. The molecule has 0 aromatic heterocycles. The first-order valence-corrected chi connectivity index (χ1v) is 7.08. The van der Waals surface area contributed by atoms with Crippen LogP contribution in [0.5, 0.6) is 0 Å². The molecule has 1 saturated carbocycles. The highest BCUT2D eigenvalue weighted by molar-refractivity contribution is 4.70. The summed E-state index contributed by atoms with van der Waals surface area (Å²) in [5, 5.41) is 3.30. The third-order valence-electron chi connectivity index (χ3n) is 3.96. The van der Waals surface area contributed by atoms with Crippen LogP contribution >= 0.6 is 0 Å². The molecule has 16 heavy (non-hydrogen) atoms. The van der Waals surface area contributed by atoms with Gasteiger partial charge in [0.25, 0.3) is 0 Å². The Labute approximate surface area is 102 Å². The van der Waals surface area contributed by atoms with Crippen molar-refractivity contribution in [1.82, 2.24) is 10.2 Å². The normalized spacial score (nSPS) is 19.5. The highest BCUT2D eigenvalue weighted by atomic mass is 15.1. The Kier molecular flexibility index (Phi) is 7.06. The van der Waals surface area contributed by atoms with E-state index in [0.717, 1.165) is 5.92 Å². The van der Waals surface area contributed by atoms with Crippen LogP contribution in [0.15, 0.2) is 0 Å². The first-order chi connectivity index (χ1) is 7.72. The fourth-order valence-corrected chi connectivity index (χ4v) is 2.70. The molecular formula is C14H30N2. The standard InChI is InChI=1S/C14H30N2/c1-13(15-2)8-6-7-11-16(3)12-14-9-4-5-10-14/h13-15H,4-12H2,1-3H3. The summed E-state index contributed by atoms with van der Waals surface area (Å²) in [5.41, 5.74) is 0. The number of hydrogen-bond acceptors (Lipinski definition) is 2. The SMILES string of the molecule is CNC(C)CCCCN(C)CC1CCCC1. The summed E-state index contributed by atoms with van der Waals surface area (Å²) in [4.78, 5) is 2.54. The van der Waals surface area contributed by atoms with Crippen LogP contribution in [-0.2, 0) is 0 Å². The summed E-state index contributed by atoms with van der Waals surface area (Å²) < 4.78 is 0. The quantitative estimate of drug-likeness (QED) is 0.640. The fourth-order valence-electron chi connectivity index (χ4n) is 2.70. The zero-order valence-electron chi connectivity index (χ0n) is 11.5. The van der Waals surface area contributed by atoms with Gasteiger partial charge < -0.3 is 10.2 Å². The summed E-state index contributed by atoms with van der Waals surface area (Å²) in [6, 6.07) is 0.681. The van der Waals surface area contributed by atoms with Gasteiger partial charge in [-0.1, -0.05) is 19.3 Å². The van der Waals surface area contributed by atoms with Crippen molar-refractivity contribution in [3.05, 3.63) is 0 Å². The van der Waals surface area contributed by atoms with Crippen LogP contribution in [-0.4, -0.2) is 38.1 Å². The van der Waals surface area contributed by atoms with E-state index in [-0.39, 0.29) is 0 Å². The van der Waals surface area contributed by atoms with Crippen LogP contribution in [0.25, 0.3) is 0 Å². The molecule has 1 atom stereocenters. The molecule has 1 unspecified atom stereocenters. The first-order valence-electron chi connectivity index (χ1n) is 7.08. The van der Waals surface area contributed by atoms with Crippen molar-refractivity contribution >= 4 is 0 Å². The molecule has 0 bridgehead atoms. The van der Waals surface area contributed by atoms with Crippen molar-refractivity contribution in [2.24, 2.45) is 5.92 Å². The second-order valence-corrected chi connectivity index (χ2v) is 5.60. The molecule has 0 aromatic carbocycles. The van der Waals surface area contributed by atoms with Gasteiger partial charge >= 0.3 is 0 Å². The summed E-state index contributed by atoms with van der Waals surface area (Å²) in [6.07, 6.45) is 9.92. The molecule has 1 fully saturated rings. The lowest BCUT2D eigenvalue weighted by Gasteiger charge is -2.20. The van der Waals surface area contributed by atoms with Crippen LogP contribution in [0.4, 0.5) is 0 Å². The maximum atomic E-state index is 3.30. The Hall–Kier alpha value is -0.0800. The average Bonchev–Trinajstić information content (AvgIpc) is 2.76. The van der Waals surface area contributed by atoms with Crippen LogP contribution in [0.1, 0.15) is 51.9 Å². The van der Waals surface area contributed by atoms with E-state index < -0.39 is 0 Å². The second-order valence-electron chi connectivity index (χ2n) is 5.60. The number of unbranched alkanes of at least 4 members (excludes halogenated alkanes) is 1. The number of hydrogen-bond donors (Lipinski definition) is 1. The van der Waals surface area contributed by atoms with Gasteiger partial charge in [0.2, 0.25) is 0 Å². The van der Waals surface area contributed by atoms with Gasteiger partial charge in [-0.15, -0.1) is 0 Å². The molecule has 0 heterocycles. The van der Waals surface area contributed by atoms with E-state index in [1.165, 1.54) is 58.0 Å². The minimum Gasteiger partial charge on any atom is -0.317 e. The van der Waals surface area contributed by atoms with Crippen LogP contribution in [0.2, 0.25) is 0 Å². The molecule has 0 spiro atoms. The molecule has 0 amide bonds. The van der Waals surface area contributed by atoms with E-state index in [1.54, 1.807) is 0 Å². The van der Waals surface area contributed by atoms with E-state index in [4.69, 9.17) is 0 Å². The summed E-state index contributed by atoms with van der Waals surface area (Å²) >= 11 is 0. The molecule has 2 nitrogen and oxygen atoms in total. The Morgan fingerprint density at radius 3 is 2.56 bits per heavy atom. The van der Waals surface area contributed by atoms with Crippen molar-refractivity contribution in [2.45, 2.75) is 57.9 Å². The molecular weight excluding hydrogens is 196 g/mol. The minimum absolute atomic E-state index is 0.681. The maximum absolute atomic E-state index is 3.30. The van der Waals surface area contributed by atoms with E-state index in [1.807, 2.05) is 0 Å². The second kappa shape index (κ2) is 8.08. The van der Waals surface area contributed by atoms with Crippen LogP contribution in [0, 0.1) is 5.92 Å².